The van der Waals surface area contributed by atoms with Crippen LogP contribution in [0.5, 0.6) is 5.75 Å². The lowest BCUT2D eigenvalue weighted by Crippen LogP contribution is -2.31. The van der Waals surface area contributed by atoms with Gasteiger partial charge >= 0.3 is 0 Å². The summed E-state index contributed by atoms with van der Waals surface area (Å²) in [6.07, 6.45) is 1.06. The molecule has 7 nitrogen and oxygen atoms in total. The molecule has 178 valence electrons. The standard InChI is InChI=1S/C27H27N5O2S/c1-34-22-9-7-21(8-10-22)24-15-23-26(35-24)27(33)30-25(29-23)18-32-12-2-11-31(13-14-32)17-20-5-3-19(16-28)4-6-20/h3-10,15H,2,11-14,17-18H2,1H3,(H,29,30,33). The molecule has 35 heavy (non-hydrogen) atoms. The first-order valence-electron chi connectivity index (χ1n) is 11.7. The number of nitrogens with zero attached hydrogens (tertiary/aromatic N) is 4. The van der Waals surface area contributed by atoms with Gasteiger partial charge < -0.3 is 9.72 Å². The predicted octanol–water partition coefficient (Wildman–Crippen LogP) is 4.24. The van der Waals surface area contributed by atoms with Crippen molar-refractivity contribution in [2.75, 3.05) is 33.3 Å². The van der Waals surface area contributed by atoms with Gasteiger partial charge in [-0.3, -0.25) is 14.6 Å². The first-order valence-corrected chi connectivity index (χ1v) is 12.5. The molecule has 1 N–H and O–H groups in total. The Hall–Kier alpha value is -3.51. The second-order valence-corrected chi connectivity index (χ2v) is 9.83. The largest absolute Gasteiger partial charge is 0.497 e. The van der Waals surface area contributed by atoms with Crippen molar-refractivity contribution in [3.05, 3.63) is 81.9 Å². The molecule has 1 saturated heterocycles. The van der Waals surface area contributed by atoms with Gasteiger partial charge in [0.2, 0.25) is 0 Å². The summed E-state index contributed by atoms with van der Waals surface area (Å²) in [5.74, 6) is 1.52. The molecule has 0 saturated carbocycles. The van der Waals surface area contributed by atoms with Gasteiger partial charge in [-0.2, -0.15) is 5.26 Å². The van der Waals surface area contributed by atoms with E-state index in [-0.39, 0.29) is 5.56 Å². The number of H-pyrrole nitrogens is 1. The van der Waals surface area contributed by atoms with Gasteiger partial charge in [-0.25, -0.2) is 4.98 Å². The Labute approximate surface area is 208 Å². The van der Waals surface area contributed by atoms with Crippen molar-refractivity contribution in [1.29, 1.82) is 5.26 Å². The van der Waals surface area contributed by atoms with Crippen LogP contribution >= 0.6 is 11.3 Å². The lowest BCUT2D eigenvalue weighted by molar-refractivity contribution is 0.244. The van der Waals surface area contributed by atoms with Gasteiger partial charge in [0, 0.05) is 24.5 Å². The fourth-order valence-corrected chi connectivity index (χ4v) is 5.45. The highest BCUT2D eigenvalue weighted by Gasteiger charge is 2.17. The quantitative estimate of drug-likeness (QED) is 0.440. The number of nitriles is 1. The second kappa shape index (κ2) is 10.4. The van der Waals surface area contributed by atoms with Crippen LogP contribution in [-0.4, -0.2) is 53.1 Å². The molecule has 0 aliphatic carbocycles. The number of hydrogen-bond donors (Lipinski definition) is 1. The monoisotopic (exact) mass is 485 g/mol. The average molecular weight is 486 g/mol. The van der Waals surface area contributed by atoms with E-state index in [9.17, 15) is 4.79 Å². The molecule has 8 heteroatoms. The molecule has 2 aromatic heterocycles. The average Bonchev–Trinajstić information content (AvgIpc) is 3.20. The minimum absolute atomic E-state index is 0.0768. The first-order chi connectivity index (χ1) is 17.1. The summed E-state index contributed by atoms with van der Waals surface area (Å²) < 4.78 is 5.90. The van der Waals surface area contributed by atoms with Crippen LogP contribution in [0.1, 0.15) is 23.4 Å². The van der Waals surface area contributed by atoms with Gasteiger partial charge in [-0.15, -0.1) is 11.3 Å². The number of aromatic nitrogens is 2. The van der Waals surface area contributed by atoms with Crippen molar-refractivity contribution in [3.8, 4) is 22.3 Å². The van der Waals surface area contributed by atoms with Crippen molar-refractivity contribution in [2.24, 2.45) is 0 Å². The van der Waals surface area contributed by atoms with Crippen LogP contribution in [0.25, 0.3) is 20.7 Å². The van der Waals surface area contributed by atoms with Crippen molar-refractivity contribution >= 4 is 21.6 Å². The molecule has 2 aromatic carbocycles. The van der Waals surface area contributed by atoms with Gasteiger partial charge in [-0.05, 0) is 73.1 Å². The van der Waals surface area contributed by atoms with E-state index in [2.05, 4.69) is 20.9 Å². The second-order valence-electron chi connectivity index (χ2n) is 8.78. The minimum Gasteiger partial charge on any atom is -0.497 e. The van der Waals surface area contributed by atoms with E-state index in [1.165, 1.54) is 16.9 Å². The number of methoxy groups -OCH3 is 1. The van der Waals surface area contributed by atoms with E-state index >= 15 is 0 Å². The maximum atomic E-state index is 12.8. The molecule has 0 unspecified atom stereocenters. The number of benzene rings is 2. The number of thiophene rings is 1. The first kappa shape index (κ1) is 23.2. The summed E-state index contributed by atoms with van der Waals surface area (Å²) in [4.78, 5) is 26.4. The lowest BCUT2D eigenvalue weighted by Gasteiger charge is -2.21. The number of fused-ring (bicyclic) bond motifs is 1. The molecule has 1 aliphatic heterocycles. The van der Waals surface area contributed by atoms with Crippen LogP contribution in [0.15, 0.2) is 59.4 Å². The van der Waals surface area contributed by atoms with Gasteiger partial charge in [-0.1, -0.05) is 12.1 Å². The summed E-state index contributed by atoms with van der Waals surface area (Å²) in [6, 6.07) is 19.8. The summed E-state index contributed by atoms with van der Waals surface area (Å²) in [7, 11) is 1.65. The lowest BCUT2D eigenvalue weighted by atomic mass is 10.1. The highest BCUT2D eigenvalue weighted by Crippen LogP contribution is 2.31. The third kappa shape index (κ3) is 5.43. The summed E-state index contributed by atoms with van der Waals surface area (Å²) in [5.41, 5.74) is 3.63. The Bertz CT molecular complexity index is 1400. The molecule has 0 radical (unpaired) electrons. The van der Waals surface area contributed by atoms with Crippen molar-refractivity contribution < 1.29 is 4.74 Å². The molecule has 3 heterocycles. The SMILES string of the molecule is COc1ccc(-c2cc3nc(CN4CCCN(Cc5ccc(C#N)cc5)CC4)[nH]c(=O)c3s2)cc1. The Kier molecular flexibility index (Phi) is 6.91. The van der Waals surface area contributed by atoms with Gasteiger partial charge in [0.15, 0.2) is 0 Å². The maximum absolute atomic E-state index is 12.8. The Morgan fingerprint density at radius 2 is 1.74 bits per heavy atom. The summed E-state index contributed by atoms with van der Waals surface area (Å²) in [6.45, 7) is 5.36. The zero-order valence-electron chi connectivity index (χ0n) is 19.7. The van der Waals surface area contributed by atoms with E-state index in [1.54, 1.807) is 7.11 Å². The molecular formula is C27H27N5O2S. The van der Waals surface area contributed by atoms with Gasteiger partial charge in [0.05, 0.1) is 30.8 Å². The van der Waals surface area contributed by atoms with Gasteiger partial charge in [0.25, 0.3) is 5.56 Å². The highest BCUT2D eigenvalue weighted by atomic mass is 32.1. The Morgan fingerprint density at radius 1 is 1.03 bits per heavy atom. The zero-order chi connectivity index (χ0) is 24.2. The Balaban J connectivity index is 1.25. The number of aromatic amines is 1. The van der Waals surface area contributed by atoms with Crippen LogP contribution in [-0.2, 0) is 13.1 Å². The minimum atomic E-state index is -0.0768. The van der Waals surface area contributed by atoms with Crippen molar-refractivity contribution in [1.82, 2.24) is 19.8 Å². The van der Waals surface area contributed by atoms with Crippen LogP contribution in [0, 0.1) is 11.3 Å². The van der Waals surface area contributed by atoms with Crippen LogP contribution in [0.4, 0.5) is 0 Å². The zero-order valence-corrected chi connectivity index (χ0v) is 20.5. The molecule has 4 aromatic rings. The molecule has 0 amide bonds. The predicted molar refractivity (Wildman–Crippen MR) is 139 cm³/mol. The van der Waals surface area contributed by atoms with Crippen molar-refractivity contribution in [3.63, 3.8) is 0 Å². The molecule has 1 fully saturated rings. The number of hydrogen-bond acceptors (Lipinski definition) is 7. The summed E-state index contributed by atoms with van der Waals surface area (Å²) >= 11 is 1.47. The number of nitrogens with one attached hydrogen (secondary N) is 1. The third-order valence-corrected chi connectivity index (χ3v) is 7.52. The summed E-state index contributed by atoms with van der Waals surface area (Å²) in [5, 5.41) is 8.99. The van der Waals surface area contributed by atoms with E-state index in [4.69, 9.17) is 15.0 Å². The highest BCUT2D eigenvalue weighted by molar-refractivity contribution is 7.22. The molecule has 5 rings (SSSR count). The third-order valence-electron chi connectivity index (χ3n) is 6.35. The van der Waals surface area contributed by atoms with Crippen LogP contribution < -0.4 is 10.3 Å². The Morgan fingerprint density at radius 3 is 2.43 bits per heavy atom. The molecular weight excluding hydrogens is 458 g/mol. The van der Waals surface area contributed by atoms with Crippen LogP contribution in [0.2, 0.25) is 0 Å². The fraction of sp³-hybridized carbons (Fsp3) is 0.296. The molecule has 1 aliphatic rings. The van der Waals surface area contributed by atoms with E-state index in [0.717, 1.165) is 60.9 Å². The molecule has 0 spiro atoms. The van der Waals surface area contributed by atoms with Gasteiger partial charge in [0.1, 0.15) is 16.3 Å². The fourth-order valence-electron chi connectivity index (χ4n) is 4.46. The molecule has 0 bridgehead atoms. The van der Waals surface area contributed by atoms with E-state index in [0.29, 0.717) is 22.6 Å². The van der Waals surface area contributed by atoms with Crippen molar-refractivity contribution in [2.45, 2.75) is 19.5 Å². The number of rotatable bonds is 6. The van der Waals surface area contributed by atoms with E-state index < -0.39 is 0 Å². The smallest absolute Gasteiger partial charge is 0.268 e. The topological polar surface area (TPSA) is 85.2 Å². The van der Waals surface area contributed by atoms with Crippen LogP contribution in [0.3, 0.4) is 0 Å². The van der Waals surface area contributed by atoms with E-state index in [1.807, 2.05) is 54.6 Å². The number of ether oxygens (including phenoxy) is 1. The molecule has 0 atom stereocenters. The maximum Gasteiger partial charge on any atom is 0.268 e. The normalized spacial score (nSPS) is 15.1.